The van der Waals surface area contributed by atoms with Crippen molar-refractivity contribution in [3.8, 4) is 0 Å². The number of benzene rings is 2. The van der Waals surface area contributed by atoms with Gasteiger partial charge in [0.25, 0.3) is 0 Å². The van der Waals surface area contributed by atoms with E-state index in [9.17, 15) is 0 Å². The summed E-state index contributed by atoms with van der Waals surface area (Å²) in [5.41, 5.74) is 10.7. The number of nitrogens with two attached hydrogens (primary N) is 1. The van der Waals surface area contributed by atoms with Gasteiger partial charge in [0.15, 0.2) is 0 Å². The lowest BCUT2D eigenvalue weighted by molar-refractivity contribution is 0.525. The number of hydrogen-bond acceptors (Lipinski definition) is 2. The van der Waals surface area contributed by atoms with Crippen LogP contribution in [-0.2, 0) is 0 Å². The van der Waals surface area contributed by atoms with E-state index in [0.717, 1.165) is 26.8 Å². The van der Waals surface area contributed by atoms with Gasteiger partial charge in [0.1, 0.15) is 11.3 Å². The zero-order chi connectivity index (χ0) is 14.3. The molecule has 1 heterocycles. The van der Waals surface area contributed by atoms with Gasteiger partial charge in [0.2, 0.25) is 0 Å². The van der Waals surface area contributed by atoms with E-state index in [4.69, 9.17) is 10.2 Å². The first-order chi connectivity index (χ1) is 9.56. The molecule has 0 spiro atoms. The molecule has 0 amide bonds. The van der Waals surface area contributed by atoms with Crippen LogP contribution in [0.4, 0.5) is 0 Å². The molecule has 102 valence electrons. The van der Waals surface area contributed by atoms with E-state index in [1.54, 1.807) is 0 Å². The molecule has 0 aliphatic rings. The van der Waals surface area contributed by atoms with Gasteiger partial charge in [0.05, 0.1) is 6.04 Å². The van der Waals surface area contributed by atoms with Gasteiger partial charge < -0.3 is 10.2 Å². The van der Waals surface area contributed by atoms with Crippen LogP contribution in [0.2, 0.25) is 0 Å². The Balaban J connectivity index is 2.05. The van der Waals surface area contributed by atoms with Crippen LogP contribution in [0, 0.1) is 13.8 Å². The number of hydrogen-bond donors (Lipinski definition) is 1. The Morgan fingerprint density at radius 3 is 2.35 bits per heavy atom. The van der Waals surface area contributed by atoms with Gasteiger partial charge >= 0.3 is 0 Å². The highest BCUT2D eigenvalue weighted by molar-refractivity contribution is 9.10. The molecule has 3 heteroatoms. The van der Waals surface area contributed by atoms with Crippen molar-refractivity contribution in [1.29, 1.82) is 0 Å². The van der Waals surface area contributed by atoms with Crippen molar-refractivity contribution in [3.63, 3.8) is 0 Å². The second kappa shape index (κ2) is 5.08. The maximum Gasteiger partial charge on any atom is 0.134 e. The number of fused-ring (bicyclic) bond motifs is 1. The molecule has 0 radical (unpaired) electrons. The largest absolute Gasteiger partial charge is 0.459 e. The van der Waals surface area contributed by atoms with Crippen LogP contribution in [0.5, 0.6) is 0 Å². The molecule has 0 saturated heterocycles. The minimum absolute atomic E-state index is 0.243. The van der Waals surface area contributed by atoms with Crippen molar-refractivity contribution in [1.82, 2.24) is 0 Å². The number of halogens is 1. The quantitative estimate of drug-likeness (QED) is 0.729. The molecule has 0 aliphatic heterocycles. The van der Waals surface area contributed by atoms with Crippen molar-refractivity contribution in [3.05, 3.63) is 69.4 Å². The van der Waals surface area contributed by atoms with Crippen molar-refractivity contribution >= 4 is 26.9 Å². The predicted octanol–water partition coefficient (Wildman–Crippen LogP) is 4.86. The number of aryl methyl sites for hydroxylation is 2. The molecule has 1 unspecified atom stereocenters. The maximum absolute atomic E-state index is 6.36. The van der Waals surface area contributed by atoms with E-state index in [1.807, 2.05) is 30.3 Å². The summed E-state index contributed by atoms with van der Waals surface area (Å²) in [6.07, 6.45) is 0. The third-order valence-corrected chi connectivity index (χ3v) is 4.82. The molecule has 3 aromatic rings. The fourth-order valence-electron chi connectivity index (χ4n) is 2.48. The summed E-state index contributed by atoms with van der Waals surface area (Å²) in [7, 11) is 0. The summed E-state index contributed by atoms with van der Waals surface area (Å²) >= 11 is 3.58. The zero-order valence-electron chi connectivity index (χ0n) is 11.5. The Hall–Kier alpha value is -1.58. The van der Waals surface area contributed by atoms with Crippen molar-refractivity contribution in [2.24, 2.45) is 5.73 Å². The fourth-order valence-corrected chi connectivity index (χ4v) is 2.71. The van der Waals surface area contributed by atoms with Gasteiger partial charge in [-0.05, 0) is 42.7 Å². The van der Waals surface area contributed by atoms with Crippen LogP contribution in [-0.4, -0.2) is 0 Å². The summed E-state index contributed by atoms with van der Waals surface area (Å²) < 4.78 is 6.99. The van der Waals surface area contributed by atoms with E-state index in [0.29, 0.717) is 0 Å². The molecule has 2 aromatic carbocycles. The average Bonchev–Trinajstić information content (AvgIpc) is 2.87. The monoisotopic (exact) mass is 329 g/mol. The lowest BCUT2D eigenvalue weighted by Gasteiger charge is -2.13. The van der Waals surface area contributed by atoms with Crippen LogP contribution >= 0.6 is 15.9 Å². The molecular weight excluding hydrogens is 314 g/mol. The fraction of sp³-hybridized carbons (Fsp3) is 0.176. The highest BCUT2D eigenvalue weighted by Gasteiger charge is 2.15. The van der Waals surface area contributed by atoms with Crippen LogP contribution in [0.3, 0.4) is 0 Å². The third kappa shape index (κ3) is 2.28. The van der Waals surface area contributed by atoms with Gasteiger partial charge in [-0.1, -0.05) is 46.3 Å². The minimum atomic E-state index is -0.243. The molecule has 0 aliphatic carbocycles. The molecule has 1 aromatic heterocycles. The summed E-state index contributed by atoms with van der Waals surface area (Å²) in [6.45, 7) is 4.15. The molecule has 2 N–H and O–H groups in total. The molecule has 0 fully saturated rings. The zero-order valence-corrected chi connectivity index (χ0v) is 13.1. The highest BCUT2D eigenvalue weighted by atomic mass is 79.9. The Labute approximate surface area is 126 Å². The van der Waals surface area contributed by atoms with Crippen molar-refractivity contribution in [2.45, 2.75) is 19.9 Å². The number of para-hydroxylation sites is 1. The first-order valence-electron chi connectivity index (χ1n) is 6.57. The van der Waals surface area contributed by atoms with E-state index >= 15 is 0 Å². The smallest absolute Gasteiger partial charge is 0.134 e. The normalized spacial score (nSPS) is 12.8. The molecule has 3 rings (SSSR count). The summed E-state index contributed by atoms with van der Waals surface area (Å²) in [6, 6.07) is 14.0. The molecular formula is C17H16BrNO. The first kappa shape index (κ1) is 13.4. The van der Waals surface area contributed by atoms with E-state index < -0.39 is 0 Å². The van der Waals surface area contributed by atoms with Crippen LogP contribution in [0.25, 0.3) is 11.0 Å². The Bertz CT molecular complexity index is 720. The van der Waals surface area contributed by atoms with E-state index in [2.05, 4.69) is 41.9 Å². The molecule has 20 heavy (non-hydrogen) atoms. The molecule has 0 saturated carbocycles. The first-order valence-corrected chi connectivity index (χ1v) is 7.36. The van der Waals surface area contributed by atoms with Gasteiger partial charge in [-0.3, -0.25) is 0 Å². The van der Waals surface area contributed by atoms with Crippen LogP contribution in [0.15, 0.2) is 51.4 Å². The van der Waals surface area contributed by atoms with Gasteiger partial charge in [-0.25, -0.2) is 0 Å². The number of rotatable bonds is 2. The summed E-state index contributed by atoms with van der Waals surface area (Å²) in [5, 5.41) is 1.09. The average molecular weight is 330 g/mol. The third-order valence-electron chi connectivity index (χ3n) is 3.57. The van der Waals surface area contributed by atoms with Crippen LogP contribution < -0.4 is 5.73 Å². The van der Waals surface area contributed by atoms with Crippen molar-refractivity contribution in [2.75, 3.05) is 0 Å². The highest BCUT2D eigenvalue weighted by Crippen LogP contribution is 2.30. The maximum atomic E-state index is 6.36. The Kier molecular flexibility index (Phi) is 3.40. The topological polar surface area (TPSA) is 39.2 Å². The molecule has 1 atom stereocenters. The second-order valence-electron chi connectivity index (χ2n) is 5.13. The second-order valence-corrected chi connectivity index (χ2v) is 5.93. The SMILES string of the molecule is Cc1cc(C(N)c2cc3ccccc3o2)cc(C)c1Br. The standard InChI is InChI=1S/C17H16BrNO/c1-10-7-13(8-11(2)16(10)18)17(19)15-9-12-5-3-4-6-14(12)20-15/h3-9,17H,19H2,1-2H3. The van der Waals surface area contributed by atoms with Crippen molar-refractivity contribution < 1.29 is 4.42 Å². The lowest BCUT2D eigenvalue weighted by Crippen LogP contribution is -2.11. The van der Waals surface area contributed by atoms with E-state index in [1.165, 1.54) is 11.1 Å². The van der Waals surface area contributed by atoms with Gasteiger partial charge in [-0.15, -0.1) is 0 Å². The Morgan fingerprint density at radius 1 is 1.05 bits per heavy atom. The van der Waals surface area contributed by atoms with Gasteiger partial charge in [0, 0.05) is 9.86 Å². The lowest BCUT2D eigenvalue weighted by atomic mass is 10.0. The molecule has 0 bridgehead atoms. The minimum Gasteiger partial charge on any atom is -0.459 e. The summed E-state index contributed by atoms with van der Waals surface area (Å²) in [5.74, 6) is 0.798. The predicted molar refractivity (Wildman–Crippen MR) is 85.9 cm³/mol. The van der Waals surface area contributed by atoms with Gasteiger partial charge in [-0.2, -0.15) is 0 Å². The summed E-state index contributed by atoms with van der Waals surface area (Å²) in [4.78, 5) is 0. The number of furan rings is 1. The van der Waals surface area contributed by atoms with E-state index in [-0.39, 0.29) is 6.04 Å². The molecule has 2 nitrogen and oxygen atoms in total. The Morgan fingerprint density at radius 2 is 1.70 bits per heavy atom. The van der Waals surface area contributed by atoms with Crippen LogP contribution in [0.1, 0.15) is 28.5 Å².